The zero-order valence-electron chi connectivity index (χ0n) is 18.1. The van der Waals surface area contributed by atoms with Crippen LogP contribution >= 0.6 is 0 Å². The molecule has 4 aromatic rings. The van der Waals surface area contributed by atoms with Crippen LogP contribution in [0.5, 0.6) is 0 Å². The Hall–Kier alpha value is -3.29. The van der Waals surface area contributed by atoms with Gasteiger partial charge in [0.2, 0.25) is 0 Å². The molecule has 5 rings (SSSR count). The maximum Gasteiger partial charge on any atom is 0.150 e. The molecule has 32 heavy (non-hydrogen) atoms. The summed E-state index contributed by atoms with van der Waals surface area (Å²) < 4.78 is 2.27. The lowest BCUT2D eigenvalue weighted by molar-refractivity contribution is 0.244. The van der Waals surface area contributed by atoms with Gasteiger partial charge in [-0.15, -0.1) is 0 Å². The number of nitrogens with zero attached hydrogens (tertiary/aromatic N) is 5. The number of hydrogen-bond acceptors (Lipinski definition) is 6. The Labute approximate surface area is 187 Å². The van der Waals surface area contributed by atoms with E-state index in [0.717, 1.165) is 50.4 Å². The minimum Gasteiger partial charge on any atom is -0.396 e. The first-order valence-corrected chi connectivity index (χ1v) is 11.2. The molecule has 1 aliphatic rings. The summed E-state index contributed by atoms with van der Waals surface area (Å²) in [6, 6.07) is 14.5. The molecular weight excluding hydrogens is 400 g/mol. The van der Waals surface area contributed by atoms with Gasteiger partial charge in [0.25, 0.3) is 0 Å². The van der Waals surface area contributed by atoms with Crippen LogP contribution in [-0.2, 0) is 13.1 Å². The van der Waals surface area contributed by atoms with Crippen molar-refractivity contribution in [1.29, 1.82) is 0 Å². The van der Waals surface area contributed by atoms with Crippen LogP contribution < -0.4 is 5.32 Å². The summed E-state index contributed by atoms with van der Waals surface area (Å²) in [6.07, 6.45) is 10.6. The highest BCUT2D eigenvalue weighted by molar-refractivity contribution is 5.84. The fourth-order valence-corrected chi connectivity index (χ4v) is 4.61. The van der Waals surface area contributed by atoms with E-state index < -0.39 is 0 Å². The third-order valence-electron chi connectivity index (χ3n) is 6.08. The van der Waals surface area contributed by atoms with Crippen LogP contribution in [0, 0.1) is 0 Å². The number of rotatable bonds is 8. The van der Waals surface area contributed by atoms with Crippen molar-refractivity contribution < 1.29 is 5.11 Å². The third-order valence-corrected chi connectivity index (χ3v) is 6.08. The number of likely N-dealkylation sites (tertiary alicyclic amines) is 1. The second kappa shape index (κ2) is 9.46. The molecule has 0 saturated carbocycles. The van der Waals surface area contributed by atoms with E-state index in [1.807, 2.05) is 24.4 Å². The zero-order chi connectivity index (χ0) is 21.8. The Balaban J connectivity index is 1.37. The minimum absolute atomic E-state index is 0.206. The molecule has 164 valence electrons. The molecule has 4 heterocycles. The zero-order valence-corrected chi connectivity index (χ0v) is 18.1. The highest BCUT2D eigenvalue weighted by atomic mass is 16.3. The average Bonchev–Trinajstić information content (AvgIpc) is 3.44. The Morgan fingerprint density at radius 2 is 1.97 bits per heavy atom. The summed E-state index contributed by atoms with van der Waals surface area (Å²) in [4.78, 5) is 16.1. The molecule has 1 aliphatic heterocycles. The number of nitrogens with one attached hydrogen (secondary N) is 1. The van der Waals surface area contributed by atoms with E-state index in [1.54, 1.807) is 12.4 Å². The topological polar surface area (TPSA) is 79.1 Å². The van der Waals surface area contributed by atoms with E-state index in [2.05, 4.69) is 55.2 Å². The van der Waals surface area contributed by atoms with Crippen molar-refractivity contribution >= 4 is 22.5 Å². The van der Waals surface area contributed by atoms with Gasteiger partial charge in [-0.1, -0.05) is 24.3 Å². The SMILES string of the molecule is OCCCn1cc(CN2CCC[C@@H]2c2cncc(Nc3ccccn3)n2)c2ccccc21. The standard InChI is InChI=1S/C25H28N6O/c32-14-6-13-30-17-19(20-7-1-2-8-22(20)30)18-31-12-5-9-23(31)21-15-26-16-25(28-21)29-24-10-3-4-11-27-24/h1-4,7-8,10-11,15-17,23,32H,5-6,9,12-14,18H2,(H,27,28,29)/t23-/m1/s1. The molecule has 3 aromatic heterocycles. The van der Waals surface area contributed by atoms with Crippen molar-refractivity contribution in [2.45, 2.75) is 38.4 Å². The van der Waals surface area contributed by atoms with Gasteiger partial charge < -0.3 is 15.0 Å². The number of aromatic nitrogens is 4. The summed E-state index contributed by atoms with van der Waals surface area (Å²) in [5, 5.41) is 13.8. The number of anilines is 2. The van der Waals surface area contributed by atoms with E-state index in [4.69, 9.17) is 4.98 Å². The van der Waals surface area contributed by atoms with E-state index >= 15 is 0 Å². The Morgan fingerprint density at radius 1 is 1.06 bits per heavy atom. The molecule has 2 N–H and O–H groups in total. The molecule has 1 atom stereocenters. The lowest BCUT2D eigenvalue weighted by atomic mass is 10.1. The van der Waals surface area contributed by atoms with Gasteiger partial charge in [-0.3, -0.25) is 9.88 Å². The minimum atomic E-state index is 0.206. The summed E-state index contributed by atoms with van der Waals surface area (Å²) in [5.74, 6) is 1.48. The number of aliphatic hydroxyl groups excluding tert-OH is 1. The molecule has 0 aliphatic carbocycles. The predicted molar refractivity (Wildman–Crippen MR) is 126 cm³/mol. The molecular formula is C25H28N6O. The van der Waals surface area contributed by atoms with Crippen LogP contribution in [0.3, 0.4) is 0 Å². The Morgan fingerprint density at radius 3 is 2.84 bits per heavy atom. The molecule has 0 amide bonds. The molecule has 0 radical (unpaired) electrons. The van der Waals surface area contributed by atoms with Crippen LogP contribution in [-0.4, -0.2) is 42.7 Å². The average molecular weight is 429 g/mol. The molecule has 1 aromatic carbocycles. The molecule has 0 spiro atoms. The van der Waals surface area contributed by atoms with E-state index in [1.165, 1.54) is 16.5 Å². The van der Waals surface area contributed by atoms with Gasteiger partial charge in [0.05, 0.1) is 24.1 Å². The van der Waals surface area contributed by atoms with Gasteiger partial charge in [0, 0.05) is 43.0 Å². The first kappa shape index (κ1) is 20.6. The number of pyridine rings is 1. The van der Waals surface area contributed by atoms with Crippen LogP contribution in [0.4, 0.5) is 11.6 Å². The second-order valence-corrected chi connectivity index (χ2v) is 8.24. The van der Waals surface area contributed by atoms with Gasteiger partial charge >= 0.3 is 0 Å². The van der Waals surface area contributed by atoms with Gasteiger partial charge in [-0.05, 0) is 49.6 Å². The maximum absolute atomic E-state index is 9.27. The quantitative estimate of drug-likeness (QED) is 0.436. The Kier molecular flexibility index (Phi) is 6.09. The number of aryl methyl sites for hydroxylation is 1. The van der Waals surface area contributed by atoms with Crippen molar-refractivity contribution in [3.63, 3.8) is 0 Å². The van der Waals surface area contributed by atoms with Gasteiger partial charge in [-0.2, -0.15) is 0 Å². The number of hydrogen-bond donors (Lipinski definition) is 2. The number of benzene rings is 1. The molecule has 7 nitrogen and oxygen atoms in total. The number of aliphatic hydroxyl groups is 1. The smallest absolute Gasteiger partial charge is 0.150 e. The third kappa shape index (κ3) is 4.35. The van der Waals surface area contributed by atoms with Gasteiger partial charge in [0.15, 0.2) is 0 Å². The molecule has 0 unspecified atom stereocenters. The number of para-hydroxylation sites is 1. The number of fused-ring (bicyclic) bond motifs is 1. The lowest BCUT2D eigenvalue weighted by Gasteiger charge is -2.24. The van der Waals surface area contributed by atoms with Crippen LogP contribution in [0.15, 0.2) is 67.3 Å². The normalized spacial score (nSPS) is 16.6. The van der Waals surface area contributed by atoms with E-state index in [9.17, 15) is 5.11 Å². The highest BCUT2D eigenvalue weighted by Gasteiger charge is 2.28. The first-order valence-electron chi connectivity index (χ1n) is 11.2. The van der Waals surface area contributed by atoms with E-state index in [-0.39, 0.29) is 12.6 Å². The van der Waals surface area contributed by atoms with Gasteiger partial charge in [0.1, 0.15) is 11.6 Å². The lowest BCUT2D eigenvalue weighted by Crippen LogP contribution is -2.23. The van der Waals surface area contributed by atoms with Crippen molar-refractivity contribution in [1.82, 2.24) is 24.4 Å². The largest absolute Gasteiger partial charge is 0.396 e. The van der Waals surface area contributed by atoms with Crippen molar-refractivity contribution in [2.24, 2.45) is 0 Å². The summed E-state index contributed by atoms with van der Waals surface area (Å²) in [5.41, 5.74) is 3.54. The van der Waals surface area contributed by atoms with Crippen LogP contribution in [0.25, 0.3) is 10.9 Å². The summed E-state index contributed by atoms with van der Waals surface area (Å²) >= 11 is 0. The predicted octanol–water partition coefficient (Wildman–Crippen LogP) is 4.29. The first-order chi connectivity index (χ1) is 15.8. The highest BCUT2D eigenvalue weighted by Crippen LogP contribution is 2.34. The summed E-state index contributed by atoms with van der Waals surface area (Å²) in [6.45, 7) is 2.95. The molecule has 1 saturated heterocycles. The van der Waals surface area contributed by atoms with Crippen molar-refractivity contribution in [3.05, 3.63) is 78.5 Å². The van der Waals surface area contributed by atoms with Crippen LogP contribution in [0.1, 0.15) is 36.6 Å². The maximum atomic E-state index is 9.27. The fraction of sp³-hybridized carbons (Fsp3) is 0.320. The molecule has 1 fully saturated rings. The Bertz CT molecular complexity index is 1180. The fourth-order valence-electron chi connectivity index (χ4n) is 4.61. The molecule has 0 bridgehead atoms. The van der Waals surface area contributed by atoms with Crippen molar-refractivity contribution in [3.8, 4) is 0 Å². The molecule has 7 heteroatoms. The van der Waals surface area contributed by atoms with Gasteiger partial charge in [-0.25, -0.2) is 9.97 Å². The van der Waals surface area contributed by atoms with Crippen LogP contribution in [0.2, 0.25) is 0 Å². The monoisotopic (exact) mass is 428 g/mol. The van der Waals surface area contributed by atoms with E-state index in [0.29, 0.717) is 5.82 Å². The second-order valence-electron chi connectivity index (χ2n) is 8.24. The van der Waals surface area contributed by atoms with Crippen molar-refractivity contribution in [2.75, 3.05) is 18.5 Å². The summed E-state index contributed by atoms with van der Waals surface area (Å²) in [7, 11) is 0.